The molecule has 21 heteroatoms. The van der Waals surface area contributed by atoms with Gasteiger partial charge < -0.3 is 63.3 Å². The SMILES string of the molecule is CCCCCC(O)[C@H](CC(C)C)NC(=O)[C@H](Cc1cnc[nH]1)NC(=O)CN1CCCC[C@H](NC(=O)[C@H](C)NC(=O)[C@H](Cc2c[nH]c3ccccc23)NC(=O)[C@H](CCC(N)=O)NC(=O)[C@H](N)Cc2ccccc2)C1=O. The summed E-state index contributed by atoms with van der Waals surface area (Å²) in [5, 5.41) is 28.4. The van der Waals surface area contributed by atoms with Crippen LogP contribution >= 0.6 is 0 Å². The predicted octanol–water partition coefficient (Wildman–Crippen LogP) is 1.44. The van der Waals surface area contributed by atoms with Crippen LogP contribution in [0.1, 0.15) is 109 Å². The lowest BCUT2D eigenvalue weighted by Crippen LogP contribution is -2.59. The summed E-state index contributed by atoms with van der Waals surface area (Å²) in [6.07, 6.45) is 8.73. The molecule has 0 saturated carbocycles. The molecular weight excluding hydrogens is 949 g/mol. The van der Waals surface area contributed by atoms with Crippen LogP contribution < -0.4 is 43.4 Å². The van der Waals surface area contributed by atoms with Crippen molar-refractivity contribution in [3.63, 3.8) is 0 Å². The number of nitrogens with zero attached hydrogens (tertiary/aromatic N) is 2. The number of H-pyrrole nitrogens is 2. The fraction of sp³-hybridized carbons (Fsp3) is 0.528. The molecule has 3 heterocycles. The molecule has 0 bridgehead atoms. The van der Waals surface area contributed by atoms with Crippen molar-refractivity contribution in [1.29, 1.82) is 0 Å². The van der Waals surface area contributed by atoms with Crippen LogP contribution in [0.4, 0.5) is 0 Å². The molecule has 0 radical (unpaired) electrons. The summed E-state index contributed by atoms with van der Waals surface area (Å²) in [5.41, 5.74) is 14.5. The van der Waals surface area contributed by atoms with Gasteiger partial charge in [-0.1, -0.05) is 88.6 Å². The molecule has 1 unspecified atom stereocenters. The predicted molar refractivity (Wildman–Crippen MR) is 278 cm³/mol. The van der Waals surface area contributed by atoms with Gasteiger partial charge >= 0.3 is 0 Å². The number of rotatable bonds is 29. The molecule has 21 nitrogen and oxygen atoms in total. The van der Waals surface area contributed by atoms with Gasteiger partial charge in [-0.3, -0.25) is 38.4 Å². The molecule has 1 fully saturated rings. The van der Waals surface area contributed by atoms with Crippen molar-refractivity contribution in [2.45, 2.75) is 160 Å². The second-order valence-corrected chi connectivity index (χ2v) is 19.7. The lowest BCUT2D eigenvalue weighted by Gasteiger charge is -2.29. The minimum absolute atomic E-state index is 0.0536. The number of nitrogens with two attached hydrogens (primary N) is 2. The summed E-state index contributed by atoms with van der Waals surface area (Å²) in [4.78, 5) is 121. The number of para-hydroxylation sites is 1. The van der Waals surface area contributed by atoms with E-state index >= 15 is 0 Å². The minimum Gasteiger partial charge on any atom is -0.391 e. The highest BCUT2D eigenvalue weighted by Gasteiger charge is 2.35. The molecule has 1 aliphatic rings. The van der Waals surface area contributed by atoms with Crippen LogP contribution in [0.3, 0.4) is 0 Å². The molecule has 5 rings (SSSR count). The molecule has 2 aromatic carbocycles. The molecular formula is C53H76N12O9. The Morgan fingerprint density at radius 3 is 2.18 bits per heavy atom. The quantitative estimate of drug-likeness (QED) is 0.0346. The van der Waals surface area contributed by atoms with Gasteiger partial charge in [0, 0.05) is 54.8 Å². The normalized spacial score (nSPS) is 16.7. The van der Waals surface area contributed by atoms with Crippen molar-refractivity contribution in [2.75, 3.05) is 13.1 Å². The summed E-state index contributed by atoms with van der Waals surface area (Å²) in [7, 11) is 0. The first-order chi connectivity index (χ1) is 35.4. The van der Waals surface area contributed by atoms with E-state index in [2.05, 4.69) is 53.8 Å². The van der Waals surface area contributed by atoms with E-state index in [1.165, 1.54) is 18.2 Å². The highest BCUT2D eigenvalue weighted by Crippen LogP contribution is 2.20. The van der Waals surface area contributed by atoms with Crippen LogP contribution in [-0.4, -0.2) is 134 Å². The van der Waals surface area contributed by atoms with Crippen LogP contribution in [0.25, 0.3) is 10.9 Å². The average Bonchev–Trinajstić information content (AvgIpc) is 4.01. The Balaban J connectivity index is 1.25. The van der Waals surface area contributed by atoms with Gasteiger partial charge in [-0.2, -0.15) is 0 Å². The van der Waals surface area contributed by atoms with Gasteiger partial charge in [0.05, 0.1) is 31.1 Å². The lowest BCUT2D eigenvalue weighted by atomic mass is 9.95. The fourth-order valence-corrected chi connectivity index (χ4v) is 9.02. The van der Waals surface area contributed by atoms with E-state index in [4.69, 9.17) is 11.5 Å². The summed E-state index contributed by atoms with van der Waals surface area (Å²) in [5.74, 6) is -5.09. The zero-order valence-corrected chi connectivity index (χ0v) is 43.0. The molecule has 2 aromatic heterocycles. The number of imidazole rings is 1. The number of hydrogen-bond acceptors (Lipinski definition) is 11. The first-order valence-electron chi connectivity index (χ1n) is 25.8. The molecule has 4 aromatic rings. The number of carbonyl (C=O) groups excluding carboxylic acids is 8. The van der Waals surface area contributed by atoms with Crippen LogP contribution in [0.2, 0.25) is 0 Å². The highest BCUT2D eigenvalue weighted by atomic mass is 16.3. The topological polar surface area (TPSA) is 329 Å². The third kappa shape index (κ3) is 18.1. The van der Waals surface area contributed by atoms with E-state index in [-0.39, 0.29) is 51.0 Å². The maximum atomic E-state index is 14.2. The van der Waals surface area contributed by atoms with E-state index < -0.39 is 102 Å². The van der Waals surface area contributed by atoms with Gasteiger partial charge in [-0.05, 0) is 75.0 Å². The zero-order chi connectivity index (χ0) is 53.7. The number of carbonyl (C=O) groups is 8. The van der Waals surface area contributed by atoms with Gasteiger partial charge in [-0.15, -0.1) is 0 Å². The Morgan fingerprint density at radius 1 is 0.784 bits per heavy atom. The van der Waals surface area contributed by atoms with Gasteiger partial charge in [0.15, 0.2) is 0 Å². The fourth-order valence-electron chi connectivity index (χ4n) is 9.02. The van der Waals surface area contributed by atoms with Crippen LogP contribution in [0.5, 0.6) is 0 Å². The Bertz CT molecular complexity index is 2480. The largest absolute Gasteiger partial charge is 0.391 e. The maximum Gasteiger partial charge on any atom is 0.245 e. The van der Waals surface area contributed by atoms with Gasteiger partial charge in [0.25, 0.3) is 0 Å². The van der Waals surface area contributed by atoms with Crippen molar-refractivity contribution in [2.24, 2.45) is 17.4 Å². The third-order valence-corrected chi connectivity index (χ3v) is 13.1. The van der Waals surface area contributed by atoms with E-state index in [0.29, 0.717) is 36.9 Å². The number of primary amides is 1. The van der Waals surface area contributed by atoms with Gasteiger partial charge in [-0.25, -0.2) is 4.98 Å². The summed E-state index contributed by atoms with van der Waals surface area (Å²) in [6, 6.07) is 8.81. The van der Waals surface area contributed by atoms with Crippen molar-refractivity contribution in [1.82, 2.24) is 51.8 Å². The number of aromatic amines is 2. The molecule has 0 aliphatic carbocycles. The van der Waals surface area contributed by atoms with Crippen LogP contribution in [0, 0.1) is 5.92 Å². The molecule has 402 valence electrons. The van der Waals surface area contributed by atoms with E-state index in [0.717, 1.165) is 35.7 Å². The number of aliphatic hydroxyl groups excluding tert-OH is 1. The van der Waals surface area contributed by atoms with Crippen LogP contribution in [0.15, 0.2) is 73.3 Å². The summed E-state index contributed by atoms with van der Waals surface area (Å²) >= 11 is 0. The Morgan fingerprint density at radius 2 is 1.47 bits per heavy atom. The molecule has 0 spiro atoms. The smallest absolute Gasteiger partial charge is 0.245 e. The number of fused-ring (bicyclic) bond motifs is 1. The number of aliphatic hydroxyl groups is 1. The first-order valence-corrected chi connectivity index (χ1v) is 25.8. The second-order valence-electron chi connectivity index (χ2n) is 19.7. The van der Waals surface area contributed by atoms with Gasteiger partial charge in [0.1, 0.15) is 30.2 Å². The number of benzene rings is 2. The molecule has 74 heavy (non-hydrogen) atoms. The Kier molecular flexibility index (Phi) is 22.6. The number of nitrogens with one attached hydrogen (secondary N) is 8. The minimum atomic E-state index is -1.32. The monoisotopic (exact) mass is 1020 g/mol. The Hall–Kier alpha value is -7.13. The number of unbranched alkanes of at least 4 members (excludes halogenated alkanes) is 2. The van der Waals surface area contributed by atoms with Crippen molar-refractivity contribution in [3.05, 3.63) is 90.1 Å². The molecule has 1 saturated heterocycles. The summed E-state index contributed by atoms with van der Waals surface area (Å²) < 4.78 is 0. The second kappa shape index (κ2) is 28.9. The van der Waals surface area contributed by atoms with Crippen LogP contribution in [-0.2, 0) is 57.6 Å². The molecule has 1 aliphatic heterocycles. The molecule has 8 atom stereocenters. The van der Waals surface area contributed by atoms with Crippen molar-refractivity contribution < 1.29 is 43.5 Å². The number of amides is 8. The Labute approximate surface area is 432 Å². The number of hydrogen-bond donors (Lipinski definition) is 11. The van der Waals surface area contributed by atoms with E-state index in [1.54, 1.807) is 24.5 Å². The summed E-state index contributed by atoms with van der Waals surface area (Å²) in [6.45, 7) is 7.30. The number of likely N-dealkylation sites (tertiary alicyclic amines) is 1. The first kappa shape index (κ1) is 57.8. The van der Waals surface area contributed by atoms with Crippen molar-refractivity contribution in [3.8, 4) is 0 Å². The lowest BCUT2D eigenvalue weighted by molar-refractivity contribution is -0.140. The average molecular weight is 1030 g/mol. The van der Waals surface area contributed by atoms with Gasteiger partial charge in [0.2, 0.25) is 47.3 Å². The molecule has 8 amide bonds. The van der Waals surface area contributed by atoms with Crippen molar-refractivity contribution >= 4 is 58.2 Å². The molecule has 13 N–H and O–H groups in total. The third-order valence-electron chi connectivity index (χ3n) is 13.1. The van der Waals surface area contributed by atoms with E-state index in [9.17, 15) is 43.5 Å². The maximum absolute atomic E-state index is 14.2. The van der Waals surface area contributed by atoms with E-state index in [1.807, 2.05) is 56.3 Å². The highest BCUT2D eigenvalue weighted by molar-refractivity contribution is 5.97. The standard InChI is InChI=1S/C53H76N12O9/c1-5-6-8-20-45(66)42(24-32(2)3)63-52(73)44(27-36-29-56-31-58-36)60-47(68)30-65-23-14-13-19-41(53(65)74)62-48(69)33(4)59-51(72)43(26-35-28-57-39-18-12-11-17-37(35)39)64-50(71)40(21-22-46(55)67)61-49(70)38(54)25-34-15-9-7-10-16-34/h7,9-12,15-18,28-29,31-33,38,40-45,57,66H,5-6,8,13-14,19-27,30,54H2,1-4H3,(H2,55,67)(H,56,58)(H,59,72)(H,60,68)(H,61,70)(H,62,69)(H,63,73)(H,64,71)/t33-,38+,40-,41-,42-,43-,44-,45?/m0/s1. The zero-order valence-electron chi connectivity index (χ0n) is 43.0. The number of aromatic nitrogens is 3.